The van der Waals surface area contributed by atoms with E-state index in [4.69, 9.17) is 9.97 Å². The van der Waals surface area contributed by atoms with Gasteiger partial charge in [-0.2, -0.15) is 0 Å². The number of benzene rings is 9. The van der Waals surface area contributed by atoms with Crippen LogP contribution in [0.15, 0.2) is 170 Å². The Hall–Kier alpha value is -6.64. The fourth-order valence-electron chi connectivity index (χ4n) is 8.32. The van der Waals surface area contributed by atoms with Crippen molar-refractivity contribution in [1.29, 1.82) is 0 Å². The van der Waals surface area contributed by atoms with Crippen molar-refractivity contribution in [3.05, 3.63) is 170 Å². The van der Waals surface area contributed by atoms with Gasteiger partial charge in [0, 0.05) is 22.9 Å². The molecule has 1 aliphatic carbocycles. The molecular weight excluding hydrogens is 605 g/mol. The van der Waals surface area contributed by atoms with Crippen molar-refractivity contribution in [2.24, 2.45) is 0 Å². The van der Waals surface area contributed by atoms with Crippen LogP contribution in [-0.4, -0.2) is 9.97 Å². The number of rotatable bonds is 3. The lowest BCUT2D eigenvalue weighted by atomic mass is 9.84. The second-order valence-corrected chi connectivity index (χ2v) is 13.3. The van der Waals surface area contributed by atoms with E-state index < -0.39 is 0 Å². The zero-order valence-electron chi connectivity index (χ0n) is 27.1. The van der Waals surface area contributed by atoms with Crippen LogP contribution in [0.3, 0.4) is 0 Å². The number of fused-ring (bicyclic) bond motifs is 7. The molecule has 11 rings (SSSR count). The van der Waals surface area contributed by atoms with Crippen molar-refractivity contribution in [3.63, 3.8) is 0 Å². The molecule has 2 nitrogen and oxygen atoms in total. The zero-order valence-corrected chi connectivity index (χ0v) is 27.1. The number of aromatic nitrogens is 2. The van der Waals surface area contributed by atoms with E-state index in [1.807, 2.05) is 6.20 Å². The number of nitrogens with zero attached hydrogens (tertiary/aromatic N) is 2. The van der Waals surface area contributed by atoms with Crippen LogP contribution in [0.1, 0.15) is 0 Å². The highest BCUT2D eigenvalue weighted by atomic mass is 14.9. The van der Waals surface area contributed by atoms with E-state index in [0.29, 0.717) is 0 Å². The maximum atomic E-state index is 5.28. The Balaban J connectivity index is 1.21. The lowest BCUT2D eigenvalue weighted by Crippen LogP contribution is -1.95. The largest absolute Gasteiger partial charge is 0.236 e. The fraction of sp³-hybridized carbons (Fsp3) is 0. The van der Waals surface area contributed by atoms with E-state index in [1.54, 1.807) is 0 Å². The monoisotopic (exact) mass is 632 g/mol. The molecule has 50 heavy (non-hydrogen) atoms. The molecule has 1 aromatic heterocycles. The minimum atomic E-state index is 0.736. The molecular formula is C48H28N2. The quantitative estimate of drug-likeness (QED) is 0.181. The van der Waals surface area contributed by atoms with Crippen LogP contribution in [0.5, 0.6) is 0 Å². The first-order valence-corrected chi connectivity index (χ1v) is 17.2. The SMILES string of the molecule is c1ccc2cc(-c3c4ccccc4c(-c4ccc5ccccc5c4)c4cc(-c5ncc6c(n5)-c5cccc7cccc-6c57)ccc34)ccc2c1. The molecule has 0 atom stereocenters. The van der Waals surface area contributed by atoms with Crippen LogP contribution in [0.2, 0.25) is 0 Å². The highest BCUT2D eigenvalue weighted by Gasteiger charge is 2.24. The molecule has 0 bridgehead atoms. The van der Waals surface area contributed by atoms with Crippen molar-refractivity contribution in [1.82, 2.24) is 9.97 Å². The van der Waals surface area contributed by atoms with Gasteiger partial charge >= 0.3 is 0 Å². The van der Waals surface area contributed by atoms with Gasteiger partial charge in [-0.25, -0.2) is 9.97 Å². The van der Waals surface area contributed by atoms with Gasteiger partial charge in [-0.15, -0.1) is 0 Å². The Kier molecular flexibility index (Phi) is 5.70. The van der Waals surface area contributed by atoms with Crippen molar-refractivity contribution in [2.75, 3.05) is 0 Å². The average Bonchev–Trinajstić information content (AvgIpc) is 3.50. The van der Waals surface area contributed by atoms with E-state index in [0.717, 1.165) is 22.6 Å². The van der Waals surface area contributed by atoms with E-state index in [1.165, 1.54) is 87.2 Å². The third-order valence-electron chi connectivity index (χ3n) is 10.6. The van der Waals surface area contributed by atoms with Gasteiger partial charge in [0.1, 0.15) is 0 Å². The number of hydrogen-bond acceptors (Lipinski definition) is 2. The van der Waals surface area contributed by atoms with Gasteiger partial charge in [0.05, 0.1) is 5.69 Å². The summed E-state index contributed by atoms with van der Waals surface area (Å²) in [6, 6.07) is 59.6. The third-order valence-corrected chi connectivity index (χ3v) is 10.6. The summed E-state index contributed by atoms with van der Waals surface area (Å²) < 4.78 is 0. The molecule has 0 radical (unpaired) electrons. The van der Waals surface area contributed by atoms with Gasteiger partial charge in [0.25, 0.3) is 0 Å². The maximum absolute atomic E-state index is 5.28. The second kappa shape index (κ2) is 10.4. The van der Waals surface area contributed by atoms with Crippen LogP contribution in [0.25, 0.3) is 110 Å². The fourth-order valence-corrected chi connectivity index (χ4v) is 8.32. The first kappa shape index (κ1) is 27.3. The first-order chi connectivity index (χ1) is 24.8. The molecule has 0 N–H and O–H groups in total. The Morgan fingerprint density at radius 3 is 1.56 bits per heavy atom. The molecule has 0 fully saturated rings. The molecule has 1 heterocycles. The van der Waals surface area contributed by atoms with E-state index in [-0.39, 0.29) is 0 Å². The highest BCUT2D eigenvalue weighted by Crippen LogP contribution is 2.48. The minimum absolute atomic E-state index is 0.736. The maximum Gasteiger partial charge on any atom is 0.159 e. The normalized spacial score (nSPS) is 12.0. The van der Waals surface area contributed by atoms with Gasteiger partial charge in [0.15, 0.2) is 5.82 Å². The van der Waals surface area contributed by atoms with Crippen molar-refractivity contribution >= 4 is 53.9 Å². The molecule has 0 saturated heterocycles. The molecule has 2 heteroatoms. The second-order valence-electron chi connectivity index (χ2n) is 13.3. The van der Waals surface area contributed by atoms with Crippen LogP contribution < -0.4 is 0 Å². The van der Waals surface area contributed by atoms with Gasteiger partial charge in [-0.05, 0) is 99.9 Å². The average molecular weight is 633 g/mol. The van der Waals surface area contributed by atoms with Gasteiger partial charge < -0.3 is 0 Å². The summed E-state index contributed by atoms with van der Waals surface area (Å²) in [5.74, 6) is 0.736. The molecule has 0 saturated carbocycles. The minimum Gasteiger partial charge on any atom is -0.236 e. The van der Waals surface area contributed by atoms with Crippen molar-refractivity contribution in [3.8, 4) is 56.0 Å². The van der Waals surface area contributed by atoms with Gasteiger partial charge in [-0.3, -0.25) is 0 Å². The molecule has 9 aromatic carbocycles. The van der Waals surface area contributed by atoms with E-state index >= 15 is 0 Å². The summed E-state index contributed by atoms with van der Waals surface area (Å²) >= 11 is 0. The highest BCUT2D eigenvalue weighted by molar-refractivity contribution is 6.22. The van der Waals surface area contributed by atoms with Crippen LogP contribution >= 0.6 is 0 Å². The summed E-state index contributed by atoms with van der Waals surface area (Å²) in [5, 5.41) is 12.3. The molecule has 0 aliphatic heterocycles. The van der Waals surface area contributed by atoms with E-state index in [2.05, 4.69) is 164 Å². The summed E-state index contributed by atoms with van der Waals surface area (Å²) in [4.78, 5) is 10.3. The van der Waals surface area contributed by atoms with Crippen LogP contribution in [0.4, 0.5) is 0 Å². The Bertz CT molecular complexity index is 3040. The third kappa shape index (κ3) is 3.96. The Labute approximate surface area is 289 Å². The summed E-state index contributed by atoms with van der Waals surface area (Å²) in [5.41, 5.74) is 10.4. The molecule has 1 aliphatic rings. The lowest BCUT2D eigenvalue weighted by molar-refractivity contribution is 1.19. The summed E-state index contributed by atoms with van der Waals surface area (Å²) in [6.45, 7) is 0. The van der Waals surface area contributed by atoms with Gasteiger partial charge in [-0.1, -0.05) is 146 Å². The first-order valence-electron chi connectivity index (χ1n) is 17.2. The lowest BCUT2D eigenvalue weighted by Gasteiger charge is -2.19. The summed E-state index contributed by atoms with van der Waals surface area (Å²) in [6.07, 6.45) is 2.02. The topological polar surface area (TPSA) is 25.8 Å². The molecule has 10 aromatic rings. The Morgan fingerprint density at radius 2 is 0.880 bits per heavy atom. The smallest absolute Gasteiger partial charge is 0.159 e. The van der Waals surface area contributed by atoms with Crippen LogP contribution in [0, 0.1) is 0 Å². The Morgan fingerprint density at radius 1 is 0.340 bits per heavy atom. The van der Waals surface area contributed by atoms with Crippen LogP contribution in [-0.2, 0) is 0 Å². The van der Waals surface area contributed by atoms with Crippen molar-refractivity contribution < 1.29 is 0 Å². The standard InChI is InChI=1S/C48H28N2/c1-3-11-32-25-34(21-19-29(32)9-1)45-37-15-5-6-16-38(37)46(35-22-20-30-10-2-4-12-33(30)26-35)42-27-36(23-24-40(42)45)48-49-28-43-39-17-7-13-31-14-8-18-41(44(31)39)47(43)50-48/h1-28H. The van der Waals surface area contributed by atoms with Gasteiger partial charge in [0.2, 0.25) is 0 Å². The molecule has 0 amide bonds. The summed E-state index contributed by atoms with van der Waals surface area (Å²) in [7, 11) is 0. The molecule has 0 spiro atoms. The zero-order chi connectivity index (χ0) is 32.8. The molecule has 0 unspecified atom stereocenters. The predicted molar refractivity (Wildman–Crippen MR) is 210 cm³/mol. The van der Waals surface area contributed by atoms with E-state index in [9.17, 15) is 0 Å². The molecule has 230 valence electrons. The van der Waals surface area contributed by atoms with Crippen molar-refractivity contribution in [2.45, 2.75) is 0 Å². The predicted octanol–water partition coefficient (Wildman–Crippen LogP) is 12.9. The number of hydrogen-bond donors (Lipinski definition) is 0.